The zero-order valence-corrected chi connectivity index (χ0v) is 10.6. The minimum absolute atomic E-state index is 0.185. The highest BCUT2D eigenvalue weighted by Gasteiger charge is 2.29. The van der Waals surface area contributed by atoms with Crippen molar-refractivity contribution in [2.75, 3.05) is 26.7 Å². The summed E-state index contributed by atoms with van der Waals surface area (Å²) in [5.74, 6) is 1.58. The Bertz CT molecular complexity index is 182. The van der Waals surface area contributed by atoms with Crippen LogP contribution in [-0.2, 0) is 4.74 Å². The van der Waals surface area contributed by atoms with E-state index in [2.05, 4.69) is 25.7 Å². The summed E-state index contributed by atoms with van der Waals surface area (Å²) >= 11 is 0. The molecule has 0 spiro atoms. The summed E-state index contributed by atoms with van der Waals surface area (Å²) in [4.78, 5) is 2.53. The zero-order valence-electron chi connectivity index (χ0n) is 10.6. The van der Waals surface area contributed by atoms with Gasteiger partial charge in [-0.2, -0.15) is 0 Å². The Morgan fingerprint density at radius 2 is 2.07 bits per heavy atom. The molecule has 4 atom stereocenters. The molecule has 3 heteroatoms. The lowest BCUT2D eigenvalue weighted by Gasteiger charge is -2.42. The fourth-order valence-corrected chi connectivity index (χ4v) is 2.58. The van der Waals surface area contributed by atoms with Gasteiger partial charge in [-0.15, -0.1) is 0 Å². The van der Waals surface area contributed by atoms with Crippen molar-refractivity contribution < 1.29 is 4.74 Å². The van der Waals surface area contributed by atoms with Gasteiger partial charge in [0.15, 0.2) is 0 Å². The SMILES string of the molecule is COC(CN)CN1CC(C)CC(C)C1C. The van der Waals surface area contributed by atoms with E-state index >= 15 is 0 Å². The third kappa shape index (κ3) is 3.44. The van der Waals surface area contributed by atoms with E-state index in [1.54, 1.807) is 7.11 Å². The van der Waals surface area contributed by atoms with Crippen LogP contribution in [-0.4, -0.2) is 43.8 Å². The van der Waals surface area contributed by atoms with Gasteiger partial charge in [0.05, 0.1) is 6.10 Å². The van der Waals surface area contributed by atoms with Gasteiger partial charge in [0, 0.05) is 32.8 Å². The molecule has 0 aromatic carbocycles. The molecule has 0 saturated carbocycles. The number of methoxy groups -OCH3 is 1. The highest BCUT2D eigenvalue weighted by atomic mass is 16.5. The van der Waals surface area contributed by atoms with Crippen molar-refractivity contribution in [2.45, 2.75) is 39.3 Å². The average Bonchev–Trinajstić information content (AvgIpc) is 2.21. The Morgan fingerprint density at radius 3 is 2.60 bits per heavy atom. The summed E-state index contributed by atoms with van der Waals surface area (Å²) in [6, 6.07) is 0.658. The largest absolute Gasteiger partial charge is 0.379 e. The summed E-state index contributed by atoms with van der Waals surface area (Å²) < 4.78 is 5.35. The molecular formula is C12H26N2O. The standard InChI is InChI=1S/C12H26N2O/c1-9-5-10(2)11(3)14(7-9)8-12(6-13)15-4/h9-12H,5-8,13H2,1-4H3. The summed E-state index contributed by atoms with van der Waals surface area (Å²) in [7, 11) is 1.75. The molecule has 15 heavy (non-hydrogen) atoms. The first-order valence-electron chi connectivity index (χ1n) is 6.05. The molecule has 1 saturated heterocycles. The fraction of sp³-hybridized carbons (Fsp3) is 1.00. The Morgan fingerprint density at radius 1 is 1.40 bits per heavy atom. The third-order valence-electron chi connectivity index (χ3n) is 3.75. The number of nitrogens with two attached hydrogens (primary N) is 1. The van der Waals surface area contributed by atoms with Gasteiger partial charge in [0.2, 0.25) is 0 Å². The van der Waals surface area contributed by atoms with Crippen LogP contribution in [0.5, 0.6) is 0 Å². The smallest absolute Gasteiger partial charge is 0.0820 e. The van der Waals surface area contributed by atoms with Gasteiger partial charge >= 0.3 is 0 Å². The molecule has 4 unspecified atom stereocenters. The fourth-order valence-electron chi connectivity index (χ4n) is 2.58. The maximum atomic E-state index is 5.66. The van der Waals surface area contributed by atoms with Gasteiger partial charge in [-0.3, -0.25) is 4.90 Å². The van der Waals surface area contributed by atoms with Crippen molar-refractivity contribution in [3.05, 3.63) is 0 Å². The number of hydrogen-bond donors (Lipinski definition) is 1. The van der Waals surface area contributed by atoms with Crippen molar-refractivity contribution in [1.82, 2.24) is 4.90 Å². The Hall–Kier alpha value is -0.120. The lowest BCUT2D eigenvalue weighted by atomic mass is 9.86. The normalized spacial score (nSPS) is 35.4. The zero-order chi connectivity index (χ0) is 11.4. The number of likely N-dealkylation sites (tertiary alicyclic amines) is 1. The molecular weight excluding hydrogens is 188 g/mol. The molecule has 0 aromatic rings. The lowest BCUT2D eigenvalue weighted by Crippen LogP contribution is -2.50. The minimum Gasteiger partial charge on any atom is -0.379 e. The molecule has 1 rings (SSSR count). The first-order chi connectivity index (χ1) is 7.08. The van der Waals surface area contributed by atoms with Gasteiger partial charge in [-0.1, -0.05) is 13.8 Å². The maximum absolute atomic E-state index is 5.66. The third-order valence-corrected chi connectivity index (χ3v) is 3.75. The van der Waals surface area contributed by atoms with Gasteiger partial charge in [0.25, 0.3) is 0 Å². The summed E-state index contributed by atoms with van der Waals surface area (Å²) in [5, 5.41) is 0. The van der Waals surface area contributed by atoms with E-state index in [1.165, 1.54) is 13.0 Å². The van der Waals surface area contributed by atoms with E-state index in [0.29, 0.717) is 12.6 Å². The molecule has 1 heterocycles. The topological polar surface area (TPSA) is 38.5 Å². The summed E-state index contributed by atoms with van der Waals surface area (Å²) in [5.41, 5.74) is 5.66. The predicted octanol–water partition coefficient (Wildman–Crippen LogP) is 1.33. The molecule has 0 aromatic heterocycles. The van der Waals surface area contributed by atoms with Gasteiger partial charge in [-0.25, -0.2) is 0 Å². The molecule has 2 N–H and O–H groups in total. The van der Waals surface area contributed by atoms with Crippen molar-refractivity contribution in [3.8, 4) is 0 Å². The van der Waals surface area contributed by atoms with Gasteiger partial charge in [0.1, 0.15) is 0 Å². The van der Waals surface area contributed by atoms with Crippen LogP contribution in [0.1, 0.15) is 27.2 Å². The van der Waals surface area contributed by atoms with Crippen LogP contribution in [0.15, 0.2) is 0 Å². The molecule has 1 fully saturated rings. The second kappa shape index (κ2) is 5.83. The molecule has 0 radical (unpaired) electrons. The van der Waals surface area contributed by atoms with E-state index in [4.69, 9.17) is 10.5 Å². The van der Waals surface area contributed by atoms with Crippen molar-refractivity contribution in [2.24, 2.45) is 17.6 Å². The van der Waals surface area contributed by atoms with Gasteiger partial charge in [-0.05, 0) is 25.2 Å². The van der Waals surface area contributed by atoms with E-state index in [9.17, 15) is 0 Å². The lowest BCUT2D eigenvalue weighted by molar-refractivity contribution is 0.0158. The predicted molar refractivity (Wildman–Crippen MR) is 63.8 cm³/mol. The number of ether oxygens (including phenoxy) is 1. The number of piperidine rings is 1. The van der Waals surface area contributed by atoms with E-state index in [1.807, 2.05) is 0 Å². The summed E-state index contributed by atoms with van der Waals surface area (Å²) in [6.07, 6.45) is 1.53. The van der Waals surface area contributed by atoms with Gasteiger partial charge < -0.3 is 10.5 Å². The van der Waals surface area contributed by atoms with Crippen LogP contribution in [0.25, 0.3) is 0 Å². The second-order valence-electron chi connectivity index (χ2n) is 5.11. The molecule has 1 aliphatic rings. The average molecular weight is 214 g/mol. The Balaban J connectivity index is 2.51. The van der Waals surface area contributed by atoms with Crippen LogP contribution in [0.3, 0.4) is 0 Å². The molecule has 1 aliphatic heterocycles. The van der Waals surface area contributed by atoms with Crippen LogP contribution in [0.2, 0.25) is 0 Å². The van der Waals surface area contributed by atoms with Crippen LogP contribution < -0.4 is 5.73 Å². The monoisotopic (exact) mass is 214 g/mol. The first kappa shape index (κ1) is 12.9. The number of rotatable bonds is 4. The second-order valence-corrected chi connectivity index (χ2v) is 5.11. The minimum atomic E-state index is 0.185. The van der Waals surface area contributed by atoms with Crippen molar-refractivity contribution in [3.63, 3.8) is 0 Å². The molecule has 90 valence electrons. The highest BCUT2D eigenvalue weighted by molar-refractivity contribution is 4.83. The molecule has 3 nitrogen and oxygen atoms in total. The van der Waals surface area contributed by atoms with Crippen molar-refractivity contribution in [1.29, 1.82) is 0 Å². The van der Waals surface area contributed by atoms with E-state index in [0.717, 1.165) is 18.4 Å². The van der Waals surface area contributed by atoms with E-state index in [-0.39, 0.29) is 6.10 Å². The summed E-state index contributed by atoms with van der Waals surface area (Å²) in [6.45, 7) is 9.77. The molecule has 0 bridgehead atoms. The number of hydrogen-bond acceptors (Lipinski definition) is 3. The highest BCUT2D eigenvalue weighted by Crippen LogP contribution is 2.26. The van der Waals surface area contributed by atoms with Crippen LogP contribution >= 0.6 is 0 Å². The quantitative estimate of drug-likeness (QED) is 0.767. The van der Waals surface area contributed by atoms with Crippen LogP contribution in [0.4, 0.5) is 0 Å². The molecule has 0 aliphatic carbocycles. The van der Waals surface area contributed by atoms with Crippen LogP contribution in [0, 0.1) is 11.8 Å². The first-order valence-corrected chi connectivity index (χ1v) is 6.05. The molecule has 0 amide bonds. The maximum Gasteiger partial charge on any atom is 0.0820 e. The Kier molecular flexibility index (Phi) is 5.03. The van der Waals surface area contributed by atoms with E-state index < -0.39 is 0 Å². The number of nitrogens with zero attached hydrogens (tertiary/aromatic N) is 1. The Labute approximate surface area is 94.0 Å². The van der Waals surface area contributed by atoms with Crippen molar-refractivity contribution >= 4 is 0 Å².